The molecule has 0 aliphatic heterocycles. The molecule has 1 aliphatic rings. The molecule has 2 aromatic carbocycles. The van der Waals surface area contributed by atoms with Gasteiger partial charge in [0.15, 0.2) is 0 Å². The van der Waals surface area contributed by atoms with E-state index in [-0.39, 0.29) is 12.3 Å². The van der Waals surface area contributed by atoms with E-state index in [0.717, 1.165) is 17.9 Å². The molecule has 1 fully saturated rings. The fourth-order valence-electron chi connectivity index (χ4n) is 2.85. The third kappa shape index (κ3) is 5.00. The highest BCUT2D eigenvalue weighted by atomic mass is 35.5. The molecule has 5 nitrogen and oxygen atoms in total. The lowest BCUT2D eigenvalue weighted by Gasteiger charge is -2.35. The van der Waals surface area contributed by atoms with Crippen LogP contribution in [0.15, 0.2) is 67.3 Å². The second-order valence-electron chi connectivity index (χ2n) is 6.61. The summed E-state index contributed by atoms with van der Waals surface area (Å²) in [5.74, 6) is 0.840. The predicted octanol–water partition coefficient (Wildman–Crippen LogP) is 4.54. The van der Waals surface area contributed by atoms with Crippen molar-refractivity contribution in [2.24, 2.45) is 0 Å². The minimum Gasteiger partial charge on any atom is -0.483 e. The maximum atomic E-state index is 11.0. The van der Waals surface area contributed by atoms with E-state index in [4.69, 9.17) is 27.9 Å². The quantitative estimate of drug-likeness (QED) is 0.555. The molecule has 1 aliphatic carbocycles. The Labute approximate surface area is 179 Å². The van der Waals surface area contributed by atoms with Gasteiger partial charge in [0.25, 0.3) is 0 Å². The molecule has 1 atom stereocenters. The highest BCUT2D eigenvalue weighted by Gasteiger charge is 2.61. The zero-order valence-corrected chi connectivity index (χ0v) is 17.5. The van der Waals surface area contributed by atoms with Crippen molar-refractivity contribution in [3.8, 4) is 5.75 Å². The number of nitrogens with zero attached hydrogens (tertiary/aromatic N) is 3. The minimum atomic E-state index is -1.14. The summed E-state index contributed by atoms with van der Waals surface area (Å²) in [5.41, 5.74) is -1.81. The molecule has 1 aromatic heterocycles. The molecule has 148 valence electrons. The largest absolute Gasteiger partial charge is 0.483 e. The summed E-state index contributed by atoms with van der Waals surface area (Å²) in [6, 6.07) is 16.7. The van der Waals surface area contributed by atoms with E-state index in [9.17, 15) is 5.11 Å². The normalized spacial score (nSPS) is 16.4. The number of thiol groups is 1. The number of para-hydroxylation sites is 1. The summed E-state index contributed by atoms with van der Waals surface area (Å²) in [6.45, 7) is 0.279. The van der Waals surface area contributed by atoms with Crippen molar-refractivity contribution in [3.63, 3.8) is 0 Å². The summed E-state index contributed by atoms with van der Waals surface area (Å²) >= 11 is 16.0. The van der Waals surface area contributed by atoms with E-state index < -0.39 is 11.2 Å². The molecule has 4 rings (SSSR count). The number of aromatic nitrogens is 3. The maximum absolute atomic E-state index is 11.0. The Morgan fingerprint density at radius 2 is 1.79 bits per heavy atom. The van der Waals surface area contributed by atoms with Gasteiger partial charge in [-0.05, 0) is 37.1 Å². The van der Waals surface area contributed by atoms with Crippen molar-refractivity contribution in [3.05, 3.63) is 77.3 Å². The number of hydrogen-bond donors (Lipinski definition) is 2. The Kier molecular flexibility index (Phi) is 6.88. The second-order valence-corrected chi connectivity index (χ2v) is 7.76. The third-order valence-electron chi connectivity index (χ3n) is 4.58. The first-order chi connectivity index (χ1) is 13.5. The van der Waals surface area contributed by atoms with Crippen molar-refractivity contribution < 1.29 is 9.84 Å². The van der Waals surface area contributed by atoms with Gasteiger partial charge in [-0.1, -0.05) is 53.5 Å². The molecule has 8 heteroatoms. The topological polar surface area (TPSA) is 60.2 Å². The average molecular weight is 438 g/mol. The second kappa shape index (κ2) is 9.18. The number of aliphatic hydroxyl groups is 1. The molecule has 0 radical (unpaired) electrons. The van der Waals surface area contributed by atoms with Crippen LogP contribution in [0.1, 0.15) is 12.8 Å². The molecule has 28 heavy (non-hydrogen) atoms. The van der Waals surface area contributed by atoms with Crippen LogP contribution in [-0.4, -0.2) is 36.8 Å². The summed E-state index contributed by atoms with van der Waals surface area (Å²) in [6.07, 6.45) is 4.52. The van der Waals surface area contributed by atoms with Crippen molar-refractivity contribution in [2.45, 2.75) is 30.6 Å². The molecule has 1 unspecified atom stereocenters. The minimum absolute atomic E-state index is 0.261. The van der Waals surface area contributed by atoms with E-state index in [1.165, 1.54) is 6.33 Å². The molecular weight excluding hydrogens is 417 g/mol. The van der Waals surface area contributed by atoms with Crippen LogP contribution in [-0.2, 0) is 6.54 Å². The van der Waals surface area contributed by atoms with Crippen molar-refractivity contribution in [1.82, 2.24) is 14.8 Å². The van der Waals surface area contributed by atoms with Crippen molar-refractivity contribution >= 4 is 35.8 Å². The zero-order chi connectivity index (χ0) is 20.0. The van der Waals surface area contributed by atoms with Gasteiger partial charge in [0.1, 0.15) is 29.6 Å². The van der Waals surface area contributed by atoms with Crippen LogP contribution in [0.4, 0.5) is 0 Å². The first kappa shape index (κ1) is 21.0. The van der Waals surface area contributed by atoms with Gasteiger partial charge in [-0.25, -0.2) is 9.67 Å². The highest BCUT2D eigenvalue weighted by Crippen LogP contribution is 2.50. The van der Waals surface area contributed by atoms with E-state index in [1.54, 1.807) is 23.1 Å². The summed E-state index contributed by atoms with van der Waals surface area (Å²) in [4.78, 5) is 3.90. The monoisotopic (exact) mass is 437 g/mol. The number of ether oxygens (including phenoxy) is 1. The molecule has 1 N–H and O–H groups in total. The highest BCUT2D eigenvalue weighted by molar-refractivity contribution is 7.80. The smallest absolute Gasteiger partial charge is 0.140 e. The van der Waals surface area contributed by atoms with Gasteiger partial charge in [-0.15, -0.1) is 0 Å². The zero-order valence-electron chi connectivity index (χ0n) is 15.1. The molecule has 3 aromatic rings. The predicted molar refractivity (Wildman–Crippen MR) is 114 cm³/mol. The van der Waals surface area contributed by atoms with Crippen LogP contribution in [0.5, 0.6) is 5.75 Å². The Morgan fingerprint density at radius 3 is 2.29 bits per heavy atom. The van der Waals surface area contributed by atoms with Gasteiger partial charge in [0.2, 0.25) is 0 Å². The molecule has 1 heterocycles. The lowest BCUT2D eigenvalue weighted by atomic mass is 9.96. The van der Waals surface area contributed by atoms with Gasteiger partial charge in [-0.3, -0.25) is 0 Å². The van der Waals surface area contributed by atoms with Gasteiger partial charge >= 0.3 is 0 Å². The number of hydrogen-bond acceptors (Lipinski definition) is 5. The van der Waals surface area contributed by atoms with Gasteiger partial charge in [0.05, 0.1) is 11.6 Å². The van der Waals surface area contributed by atoms with Crippen LogP contribution in [0.2, 0.25) is 10.0 Å². The Hall–Kier alpha value is -1.73. The lowest BCUT2D eigenvalue weighted by Crippen LogP contribution is -2.53. The molecule has 0 saturated heterocycles. The molecule has 1 saturated carbocycles. The standard InChI is InChI=1S/C14H16ClN3O2S.C6H5Cl/c15-11-3-1-2-4-12(11)20-14(5-6-14)13(19,8-21)7-18-10-16-9-17-18;7-6-4-2-1-3-5-6/h1-4,9-10,19,21H,5-8H2;1-5H. The number of rotatable bonds is 6. The van der Waals surface area contributed by atoms with Crippen LogP contribution in [0, 0.1) is 0 Å². The van der Waals surface area contributed by atoms with E-state index >= 15 is 0 Å². The van der Waals surface area contributed by atoms with E-state index in [2.05, 4.69) is 22.7 Å². The summed E-state index contributed by atoms with van der Waals surface area (Å²) < 4.78 is 7.65. The summed E-state index contributed by atoms with van der Waals surface area (Å²) in [7, 11) is 0. The molecular formula is C20H21Cl2N3O2S. The molecule has 0 amide bonds. The molecule has 0 bridgehead atoms. The fraction of sp³-hybridized carbons (Fsp3) is 0.300. The van der Waals surface area contributed by atoms with Crippen LogP contribution in [0.3, 0.4) is 0 Å². The van der Waals surface area contributed by atoms with Gasteiger partial charge in [0, 0.05) is 10.8 Å². The first-order valence-electron chi connectivity index (χ1n) is 8.78. The van der Waals surface area contributed by atoms with Gasteiger partial charge < -0.3 is 9.84 Å². The van der Waals surface area contributed by atoms with Crippen LogP contribution in [0.25, 0.3) is 0 Å². The van der Waals surface area contributed by atoms with Crippen LogP contribution >= 0.6 is 35.8 Å². The maximum Gasteiger partial charge on any atom is 0.140 e. The number of halogens is 2. The Morgan fingerprint density at radius 1 is 1.11 bits per heavy atom. The average Bonchev–Trinajstić information content (AvgIpc) is 3.32. The Bertz CT molecular complexity index is 876. The summed E-state index contributed by atoms with van der Waals surface area (Å²) in [5, 5.41) is 16.4. The van der Waals surface area contributed by atoms with Crippen LogP contribution < -0.4 is 4.74 Å². The van der Waals surface area contributed by atoms with E-state index in [1.807, 2.05) is 42.5 Å². The SMILES string of the molecule is Clc1ccccc1.OC(CS)(Cn1cncn1)C1(Oc2ccccc2Cl)CC1. The van der Waals surface area contributed by atoms with Crippen molar-refractivity contribution in [2.75, 3.05) is 5.75 Å². The fourth-order valence-corrected chi connectivity index (χ4v) is 3.56. The van der Waals surface area contributed by atoms with E-state index in [0.29, 0.717) is 10.8 Å². The first-order valence-corrected chi connectivity index (χ1v) is 10.2. The Balaban J connectivity index is 0.000000271. The van der Waals surface area contributed by atoms with Crippen molar-refractivity contribution in [1.29, 1.82) is 0 Å². The molecule has 0 spiro atoms. The lowest BCUT2D eigenvalue weighted by molar-refractivity contribution is -0.0738. The number of benzene rings is 2. The van der Waals surface area contributed by atoms with Gasteiger partial charge in [-0.2, -0.15) is 17.7 Å². The third-order valence-corrected chi connectivity index (χ3v) is 5.67.